The van der Waals surface area contributed by atoms with Gasteiger partial charge in [0.05, 0.1) is 6.04 Å². The molecule has 80 valence electrons. The van der Waals surface area contributed by atoms with E-state index in [-0.39, 0.29) is 11.9 Å². The van der Waals surface area contributed by atoms with Crippen molar-refractivity contribution in [3.8, 4) is 0 Å². The summed E-state index contributed by atoms with van der Waals surface area (Å²) in [7, 11) is 0. The van der Waals surface area contributed by atoms with Gasteiger partial charge in [-0.1, -0.05) is 0 Å². The normalized spacial score (nSPS) is 38.4. The predicted octanol–water partition coefficient (Wildman–Crippen LogP) is -0.266. The van der Waals surface area contributed by atoms with Gasteiger partial charge in [0.2, 0.25) is 5.91 Å². The van der Waals surface area contributed by atoms with Crippen LogP contribution in [-0.2, 0) is 4.79 Å². The van der Waals surface area contributed by atoms with Crippen molar-refractivity contribution in [2.24, 2.45) is 5.73 Å². The molecule has 2 aliphatic rings. The molecular weight excluding hydrogens is 178 g/mol. The summed E-state index contributed by atoms with van der Waals surface area (Å²) in [4.78, 5) is 11.6. The van der Waals surface area contributed by atoms with Gasteiger partial charge < -0.3 is 16.4 Å². The van der Waals surface area contributed by atoms with E-state index in [0.29, 0.717) is 12.1 Å². The summed E-state index contributed by atoms with van der Waals surface area (Å²) in [5, 5.41) is 6.31. The molecular formula is C10H19N3O. The van der Waals surface area contributed by atoms with Gasteiger partial charge in [0.25, 0.3) is 0 Å². The van der Waals surface area contributed by atoms with Crippen LogP contribution in [0.5, 0.6) is 0 Å². The molecule has 4 heteroatoms. The Morgan fingerprint density at radius 3 is 2.86 bits per heavy atom. The average molecular weight is 197 g/mol. The first-order valence-electron chi connectivity index (χ1n) is 5.55. The third kappa shape index (κ3) is 2.25. The highest BCUT2D eigenvalue weighted by Gasteiger charge is 2.30. The molecule has 1 aliphatic carbocycles. The zero-order chi connectivity index (χ0) is 9.97. The van der Waals surface area contributed by atoms with Gasteiger partial charge in [-0.2, -0.15) is 0 Å². The van der Waals surface area contributed by atoms with Crippen molar-refractivity contribution in [3.05, 3.63) is 0 Å². The smallest absolute Gasteiger partial charge is 0.237 e. The molecule has 2 fully saturated rings. The zero-order valence-corrected chi connectivity index (χ0v) is 8.46. The topological polar surface area (TPSA) is 67.2 Å². The maximum atomic E-state index is 11.6. The Hall–Kier alpha value is -0.610. The Bertz CT molecular complexity index is 213. The number of hydrogen-bond acceptors (Lipinski definition) is 3. The first-order valence-corrected chi connectivity index (χ1v) is 5.55. The van der Waals surface area contributed by atoms with Gasteiger partial charge in [0.15, 0.2) is 0 Å². The highest BCUT2D eigenvalue weighted by atomic mass is 16.2. The van der Waals surface area contributed by atoms with Crippen LogP contribution in [0.4, 0.5) is 0 Å². The Morgan fingerprint density at radius 2 is 2.14 bits per heavy atom. The second-order valence-electron chi connectivity index (χ2n) is 4.43. The maximum absolute atomic E-state index is 11.6. The maximum Gasteiger partial charge on any atom is 0.237 e. The SMILES string of the molecule is NC1CC(NC2CCCCNC2=O)C1. The summed E-state index contributed by atoms with van der Waals surface area (Å²) in [5.41, 5.74) is 5.70. The molecule has 0 bridgehead atoms. The van der Waals surface area contributed by atoms with Crippen LogP contribution in [0.1, 0.15) is 32.1 Å². The third-order valence-corrected chi connectivity index (χ3v) is 3.15. The third-order valence-electron chi connectivity index (χ3n) is 3.15. The minimum atomic E-state index is 0.0231. The largest absolute Gasteiger partial charge is 0.355 e. The van der Waals surface area contributed by atoms with Crippen molar-refractivity contribution in [2.75, 3.05) is 6.54 Å². The molecule has 0 radical (unpaired) electrons. The van der Waals surface area contributed by atoms with Crippen LogP contribution in [0.2, 0.25) is 0 Å². The lowest BCUT2D eigenvalue weighted by Gasteiger charge is -2.35. The summed E-state index contributed by atoms with van der Waals surface area (Å²) in [6.45, 7) is 0.835. The standard InChI is InChI=1S/C10H19N3O/c11-7-5-8(6-7)13-9-3-1-2-4-12-10(9)14/h7-9,13H,1-6,11H2,(H,12,14). The molecule has 1 saturated heterocycles. The molecule has 0 spiro atoms. The van der Waals surface area contributed by atoms with E-state index in [2.05, 4.69) is 10.6 Å². The van der Waals surface area contributed by atoms with E-state index in [4.69, 9.17) is 5.73 Å². The second-order valence-corrected chi connectivity index (χ2v) is 4.43. The molecule has 1 unspecified atom stereocenters. The molecule has 0 aromatic rings. The fraction of sp³-hybridized carbons (Fsp3) is 0.900. The van der Waals surface area contributed by atoms with E-state index >= 15 is 0 Å². The van der Waals surface area contributed by atoms with Crippen LogP contribution in [0, 0.1) is 0 Å². The molecule has 1 atom stereocenters. The number of nitrogens with one attached hydrogen (secondary N) is 2. The predicted molar refractivity (Wildman–Crippen MR) is 54.8 cm³/mol. The summed E-state index contributed by atoms with van der Waals surface area (Å²) >= 11 is 0. The molecule has 1 heterocycles. The van der Waals surface area contributed by atoms with Gasteiger partial charge in [-0.3, -0.25) is 4.79 Å². The van der Waals surface area contributed by atoms with Crippen LogP contribution < -0.4 is 16.4 Å². The summed E-state index contributed by atoms with van der Waals surface area (Å²) < 4.78 is 0. The highest BCUT2D eigenvalue weighted by molar-refractivity contribution is 5.81. The molecule has 4 N–H and O–H groups in total. The summed E-state index contributed by atoms with van der Waals surface area (Å²) in [6, 6.07) is 0.843. The van der Waals surface area contributed by atoms with E-state index in [1.807, 2.05) is 0 Å². The molecule has 1 saturated carbocycles. The van der Waals surface area contributed by atoms with Crippen molar-refractivity contribution >= 4 is 5.91 Å². The molecule has 4 nitrogen and oxygen atoms in total. The molecule has 1 amide bonds. The summed E-state index contributed by atoms with van der Waals surface area (Å²) in [5.74, 6) is 0.169. The number of carbonyl (C=O) groups excluding carboxylic acids is 1. The molecule has 0 aromatic carbocycles. The van der Waals surface area contributed by atoms with Gasteiger partial charge >= 0.3 is 0 Å². The lowest BCUT2D eigenvalue weighted by molar-refractivity contribution is -0.123. The van der Waals surface area contributed by atoms with Gasteiger partial charge in [0.1, 0.15) is 0 Å². The molecule has 14 heavy (non-hydrogen) atoms. The van der Waals surface area contributed by atoms with E-state index < -0.39 is 0 Å². The van der Waals surface area contributed by atoms with Crippen molar-refractivity contribution in [1.82, 2.24) is 10.6 Å². The fourth-order valence-corrected chi connectivity index (χ4v) is 2.18. The van der Waals surface area contributed by atoms with Gasteiger partial charge in [-0.05, 0) is 32.1 Å². The zero-order valence-electron chi connectivity index (χ0n) is 8.46. The van der Waals surface area contributed by atoms with Crippen LogP contribution >= 0.6 is 0 Å². The highest BCUT2D eigenvalue weighted by Crippen LogP contribution is 2.19. The Morgan fingerprint density at radius 1 is 1.36 bits per heavy atom. The number of rotatable bonds is 2. The Labute approximate surface area is 84.6 Å². The average Bonchev–Trinajstić information content (AvgIpc) is 2.29. The van der Waals surface area contributed by atoms with Gasteiger partial charge in [-0.15, -0.1) is 0 Å². The van der Waals surface area contributed by atoms with Crippen LogP contribution in [0.25, 0.3) is 0 Å². The van der Waals surface area contributed by atoms with Gasteiger partial charge in [-0.25, -0.2) is 0 Å². The lowest BCUT2D eigenvalue weighted by atomic mass is 9.87. The second kappa shape index (κ2) is 4.28. The number of carbonyl (C=O) groups is 1. The monoisotopic (exact) mass is 197 g/mol. The molecule has 0 aromatic heterocycles. The summed E-state index contributed by atoms with van der Waals surface area (Å²) in [6.07, 6.45) is 5.24. The number of hydrogen-bond donors (Lipinski definition) is 3. The minimum Gasteiger partial charge on any atom is -0.355 e. The van der Waals surface area contributed by atoms with Crippen LogP contribution in [-0.4, -0.2) is 30.6 Å². The Balaban J connectivity index is 1.80. The van der Waals surface area contributed by atoms with Crippen LogP contribution in [0.3, 0.4) is 0 Å². The van der Waals surface area contributed by atoms with Crippen molar-refractivity contribution in [3.63, 3.8) is 0 Å². The van der Waals surface area contributed by atoms with E-state index in [1.54, 1.807) is 0 Å². The van der Waals surface area contributed by atoms with E-state index in [1.165, 1.54) is 0 Å². The first kappa shape index (κ1) is 9.93. The first-order chi connectivity index (χ1) is 6.75. The van der Waals surface area contributed by atoms with Crippen molar-refractivity contribution in [1.29, 1.82) is 0 Å². The fourth-order valence-electron chi connectivity index (χ4n) is 2.18. The van der Waals surface area contributed by atoms with Crippen molar-refractivity contribution in [2.45, 2.75) is 50.2 Å². The van der Waals surface area contributed by atoms with Crippen molar-refractivity contribution < 1.29 is 4.79 Å². The molecule has 2 rings (SSSR count). The quantitative estimate of drug-likeness (QED) is 0.571. The number of amides is 1. The van der Waals surface area contributed by atoms with Gasteiger partial charge in [0, 0.05) is 18.6 Å². The van der Waals surface area contributed by atoms with Crippen LogP contribution in [0.15, 0.2) is 0 Å². The lowest BCUT2D eigenvalue weighted by Crippen LogP contribution is -2.55. The van der Waals surface area contributed by atoms with E-state index in [0.717, 1.165) is 38.6 Å². The van der Waals surface area contributed by atoms with E-state index in [9.17, 15) is 4.79 Å². The minimum absolute atomic E-state index is 0.0231. The number of nitrogens with two attached hydrogens (primary N) is 1. The molecule has 1 aliphatic heterocycles. The Kier molecular flexibility index (Phi) is 3.03.